The lowest BCUT2D eigenvalue weighted by Gasteiger charge is -2.53. The number of benzene rings is 1. The van der Waals surface area contributed by atoms with E-state index in [1.807, 2.05) is 30.3 Å². The lowest BCUT2D eigenvalue weighted by atomic mass is 9.59. The fourth-order valence-electron chi connectivity index (χ4n) is 5.84. The molecule has 6 nitrogen and oxygen atoms in total. The maximum absolute atomic E-state index is 13.7. The van der Waals surface area contributed by atoms with Crippen molar-refractivity contribution in [3.05, 3.63) is 47.3 Å². The maximum atomic E-state index is 13.7. The molecule has 2 aliphatic carbocycles. The van der Waals surface area contributed by atoms with Crippen LogP contribution < -0.4 is 16.0 Å². The zero-order valence-corrected chi connectivity index (χ0v) is 17.3. The molecule has 0 saturated heterocycles. The summed E-state index contributed by atoms with van der Waals surface area (Å²) in [6.45, 7) is 0.451. The molecule has 30 heavy (non-hydrogen) atoms. The third-order valence-corrected chi connectivity index (χ3v) is 7.22. The van der Waals surface area contributed by atoms with E-state index in [4.69, 9.17) is 0 Å². The molecule has 0 aromatic heterocycles. The largest absolute Gasteiger partial charge is 0.368 e. The number of nitrogens with one attached hydrogen (secondary N) is 3. The number of rotatable bonds is 3. The number of carbonyl (C=O) groups is 1. The van der Waals surface area contributed by atoms with Crippen LogP contribution in [0.2, 0.25) is 0 Å². The van der Waals surface area contributed by atoms with E-state index in [9.17, 15) is 15.3 Å². The molecule has 6 heteroatoms. The van der Waals surface area contributed by atoms with Crippen molar-refractivity contribution < 1.29 is 4.79 Å². The fraction of sp³-hybridized carbons (Fsp3) is 0.542. The Morgan fingerprint density at radius 2 is 1.63 bits per heavy atom. The molecule has 1 heterocycles. The molecule has 0 bridgehead atoms. The number of nitrogens with zero attached hydrogens (tertiary/aromatic N) is 2. The second-order valence-electron chi connectivity index (χ2n) is 8.88. The lowest BCUT2D eigenvalue weighted by molar-refractivity contribution is -0.133. The Kier molecular flexibility index (Phi) is 5.68. The quantitative estimate of drug-likeness (QED) is 0.718. The van der Waals surface area contributed by atoms with Crippen molar-refractivity contribution in [3.63, 3.8) is 0 Å². The Morgan fingerprint density at radius 1 is 0.967 bits per heavy atom. The van der Waals surface area contributed by atoms with Crippen molar-refractivity contribution in [2.45, 2.75) is 75.4 Å². The summed E-state index contributed by atoms with van der Waals surface area (Å²) in [5.74, 6) is -0.0289. The number of hydrogen-bond donors (Lipinski definition) is 3. The molecule has 3 aliphatic rings. The van der Waals surface area contributed by atoms with Crippen LogP contribution in [0.25, 0.3) is 0 Å². The summed E-state index contributed by atoms with van der Waals surface area (Å²) >= 11 is 0. The fourth-order valence-corrected chi connectivity index (χ4v) is 5.84. The number of nitriles is 2. The average molecular weight is 404 g/mol. The van der Waals surface area contributed by atoms with E-state index < -0.39 is 5.54 Å². The lowest BCUT2D eigenvalue weighted by Crippen LogP contribution is -2.68. The van der Waals surface area contributed by atoms with Crippen LogP contribution in [0.4, 0.5) is 0 Å². The zero-order valence-electron chi connectivity index (χ0n) is 17.3. The molecule has 1 amide bonds. The van der Waals surface area contributed by atoms with Crippen molar-refractivity contribution in [2.24, 2.45) is 5.92 Å². The van der Waals surface area contributed by atoms with E-state index in [1.165, 1.54) is 6.42 Å². The number of fused-ring (bicyclic) bond motifs is 2. The summed E-state index contributed by atoms with van der Waals surface area (Å²) in [7, 11) is 0. The molecule has 1 aromatic rings. The van der Waals surface area contributed by atoms with Gasteiger partial charge in [-0.1, -0.05) is 62.4 Å². The Hall–Kier alpha value is -2.99. The van der Waals surface area contributed by atoms with Crippen LogP contribution in [0.3, 0.4) is 0 Å². The molecule has 1 spiro atoms. The smallest absolute Gasteiger partial charge is 0.246 e. The second kappa shape index (κ2) is 8.40. The summed E-state index contributed by atoms with van der Waals surface area (Å²) < 4.78 is 0. The Balaban J connectivity index is 1.73. The molecule has 0 radical (unpaired) electrons. The van der Waals surface area contributed by atoms with Gasteiger partial charge in [0.05, 0.1) is 0 Å². The first-order valence-corrected chi connectivity index (χ1v) is 11.1. The van der Waals surface area contributed by atoms with Crippen molar-refractivity contribution in [1.82, 2.24) is 16.0 Å². The van der Waals surface area contributed by atoms with Crippen LogP contribution in [-0.2, 0) is 11.3 Å². The standard InChI is InChI=1S/C24H29N5O/c25-15-19-20(16-26)29-24(22(30)27-17-18-9-3-1-4-10-18)14-8-5-11-21(24)23(28-19)12-6-2-7-13-23/h1,3-4,9-10,21,28-29H,2,5-8,11-14,17H2,(H,27,30). The number of hydrogen-bond acceptors (Lipinski definition) is 5. The van der Waals surface area contributed by atoms with E-state index in [0.717, 1.165) is 50.5 Å². The van der Waals surface area contributed by atoms with Crippen molar-refractivity contribution >= 4 is 5.91 Å². The van der Waals surface area contributed by atoms with E-state index >= 15 is 0 Å². The van der Waals surface area contributed by atoms with Crippen molar-refractivity contribution in [3.8, 4) is 12.1 Å². The first-order chi connectivity index (χ1) is 14.6. The van der Waals surface area contributed by atoms with Crippen LogP contribution in [-0.4, -0.2) is 17.0 Å². The molecule has 2 saturated carbocycles. The predicted molar refractivity (Wildman–Crippen MR) is 113 cm³/mol. The highest BCUT2D eigenvalue weighted by Crippen LogP contribution is 2.48. The van der Waals surface area contributed by atoms with Crippen LogP contribution in [0.15, 0.2) is 41.7 Å². The SMILES string of the molecule is N#CC1=C(C#N)NC2(C(=O)NCc3ccccc3)CCCCC2C2(CCCCC2)N1. The van der Waals surface area contributed by atoms with Gasteiger partial charge in [0, 0.05) is 18.0 Å². The van der Waals surface area contributed by atoms with Gasteiger partial charge in [-0.05, 0) is 31.2 Å². The van der Waals surface area contributed by atoms with Gasteiger partial charge in [0.2, 0.25) is 5.91 Å². The van der Waals surface area contributed by atoms with Crippen LogP contribution in [0, 0.1) is 28.6 Å². The molecule has 3 N–H and O–H groups in total. The van der Waals surface area contributed by atoms with Crippen molar-refractivity contribution in [2.75, 3.05) is 0 Å². The van der Waals surface area contributed by atoms with Gasteiger partial charge in [-0.15, -0.1) is 0 Å². The summed E-state index contributed by atoms with van der Waals surface area (Å²) in [6.07, 6.45) is 8.76. The molecule has 156 valence electrons. The normalized spacial score (nSPS) is 27.5. The van der Waals surface area contributed by atoms with Crippen molar-refractivity contribution in [1.29, 1.82) is 10.5 Å². The molecule has 1 aromatic carbocycles. The number of carbonyl (C=O) groups excluding carboxylic acids is 1. The van der Waals surface area contributed by atoms with Crippen LogP contribution >= 0.6 is 0 Å². The molecular formula is C24H29N5O. The first-order valence-electron chi connectivity index (χ1n) is 11.1. The highest BCUT2D eigenvalue weighted by atomic mass is 16.2. The molecule has 1 aliphatic heterocycles. The highest BCUT2D eigenvalue weighted by Gasteiger charge is 2.58. The van der Waals surface area contributed by atoms with Gasteiger partial charge >= 0.3 is 0 Å². The second-order valence-corrected chi connectivity index (χ2v) is 8.88. The summed E-state index contributed by atoms with van der Waals surface area (Å²) in [4.78, 5) is 13.7. The third kappa shape index (κ3) is 3.52. The molecular weight excluding hydrogens is 374 g/mol. The maximum Gasteiger partial charge on any atom is 0.246 e. The molecule has 2 unspecified atom stereocenters. The topological polar surface area (TPSA) is 101 Å². The molecule has 2 atom stereocenters. The van der Waals surface area contributed by atoms with E-state index in [0.29, 0.717) is 13.0 Å². The van der Waals surface area contributed by atoms with E-state index in [-0.39, 0.29) is 28.8 Å². The minimum absolute atomic E-state index is 0.0315. The summed E-state index contributed by atoms with van der Waals surface area (Å²) in [5, 5.41) is 29.5. The predicted octanol–water partition coefficient (Wildman–Crippen LogP) is 3.39. The van der Waals surface area contributed by atoms with Gasteiger partial charge in [0.25, 0.3) is 0 Å². The van der Waals surface area contributed by atoms with Gasteiger partial charge in [-0.2, -0.15) is 10.5 Å². The third-order valence-electron chi connectivity index (χ3n) is 7.22. The minimum atomic E-state index is -0.874. The number of amides is 1. The first kappa shape index (κ1) is 20.3. The molecule has 2 fully saturated rings. The monoisotopic (exact) mass is 403 g/mol. The Labute approximate surface area is 178 Å². The Bertz CT molecular complexity index is 904. The average Bonchev–Trinajstić information content (AvgIpc) is 2.92. The van der Waals surface area contributed by atoms with E-state index in [1.54, 1.807) is 0 Å². The van der Waals surface area contributed by atoms with Gasteiger partial charge < -0.3 is 16.0 Å². The van der Waals surface area contributed by atoms with Gasteiger partial charge in [-0.25, -0.2) is 0 Å². The van der Waals surface area contributed by atoms with Gasteiger partial charge in [0.15, 0.2) is 0 Å². The Morgan fingerprint density at radius 3 is 2.33 bits per heavy atom. The highest BCUT2D eigenvalue weighted by molar-refractivity contribution is 5.88. The van der Waals surface area contributed by atoms with E-state index in [2.05, 4.69) is 28.1 Å². The zero-order chi connectivity index (χ0) is 21.0. The van der Waals surface area contributed by atoms with Crippen LogP contribution in [0.5, 0.6) is 0 Å². The minimum Gasteiger partial charge on any atom is -0.368 e. The summed E-state index contributed by atoms with van der Waals surface area (Å²) in [6, 6.07) is 14.2. The molecule has 4 rings (SSSR count). The van der Waals surface area contributed by atoms with Gasteiger partial charge in [0.1, 0.15) is 29.1 Å². The van der Waals surface area contributed by atoms with Gasteiger partial charge in [-0.3, -0.25) is 4.79 Å². The van der Waals surface area contributed by atoms with Crippen LogP contribution in [0.1, 0.15) is 63.4 Å². The number of allylic oxidation sites excluding steroid dienone is 2. The summed E-state index contributed by atoms with van der Waals surface area (Å²) in [5.41, 5.74) is 0.328.